The Balaban J connectivity index is 1.82. The molecule has 0 amide bonds. The standard InChI is InChI=1S/C26H24ClN5O5S/c1-5-18(33)16-9-11-31(14-19(34)20-8-10-29-37-20)24(35)23(16)17-12-22(28-13-15-6-7-21(27)38-15)32(30-17)25(36)26(2,3)4/h5-12,28H,1,13-14H2,2-4H3. The second-order valence-corrected chi connectivity index (χ2v) is 11.1. The summed E-state index contributed by atoms with van der Waals surface area (Å²) in [6.45, 7) is 8.76. The molecule has 38 heavy (non-hydrogen) atoms. The van der Waals surface area contributed by atoms with Gasteiger partial charge < -0.3 is 14.4 Å². The van der Waals surface area contributed by atoms with Crippen molar-refractivity contribution in [3.05, 3.63) is 86.3 Å². The van der Waals surface area contributed by atoms with Crippen LogP contribution in [0.15, 0.2) is 64.7 Å². The molecule has 0 saturated carbocycles. The van der Waals surface area contributed by atoms with Crippen molar-refractivity contribution >= 4 is 46.2 Å². The summed E-state index contributed by atoms with van der Waals surface area (Å²) in [6, 6.07) is 7.96. The van der Waals surface area contributed by atoms with Crippen LogP contribution in [0.4, 0.5) is 5.82 Å². The van der Waals surface area contributed by atoms with E-state index in [0.717, 1.165) is 15.5 Å². The number of hydrogen-bond acceptors (Lipinski definition) is 9. The molecule has 4 aromatic heterocycles. The summed E-state index contributed by atoms with van der Waals surface area (Å²) < 4.78 is 7.84. The normalized spacial score (nSPS) is 11.4. The molecule has 0 bridgehead atoms. The summed E-state index contributed by atoms with van der Waals surface area (Å²) in [5, 5.41) is 11.1. The number of rotatable bonds is 9. The average molecular weight is 554 g/mol. The number of Topliss-reactive ketones (excluding diaryl/α,β-unsaturated/α-hetero) is 1. The van der Waals surface area contributed by atoms with Crippen LogP contribution in [0, 0.1) is 5.41 Å². The van der Waals surface area contributed by atoms with E-state index < -0.39 is 22.5 Å². The highest BCUT2D eigenvalue weighted by molar-refractivity contribution is 7.16. The summed E-state index contributed by atoms with van der Waals surface area (Å²) in [5.74, 6) is -1.00. The third-order valence-electron chi connectivity index (χ3n) is 5.51. The number of aromatic nitrogens is 4. The molecule has 1 N–H and O–H groups in total. The van der Waals surface area contributed by atoms with Gasteiger partial charge in [0.15, 0.2) is 5.78 Å². The van der Waals surface area contributed by atoms with E-state index >= 15 is 0 Å². The number of carbonyl (C=O) groups is 3. The van der Waals surface area contributed by atoms with E-state index in [1.807, 2.05) is 6.07 Å². The lowest BCUT2D eigenvalue weighted by Gasteiger charge is -2.18. The van der Waals surface area contributed by atoms with Crippen molar-refractivity contribution in [1.29, 1.82) is 0 Å². The molecule has 12 heteroatoms. The zero-order valence-corrected chi connectivity index (χ0v) is 22.4. The molecule has 0 saturated heterocycles. The fourth-order valence-electron chi connectivity index (χ4n) is 3.58. The predicted molar refractivity (Wildman–Crippen MR) is 144 cm³/mol. The maximum absolute atomic E-state index is 13.6. The molecule has 0 spiro atoms. The molecule has 0 aromatic carbocycles. The van der Waals surface area contributed by atoms with Crippen LogP contribution in [-0.4, -0.2) is 37.0 Å². The van der Waals surface area contributed by atoms with Gasteiger partial charge in [-0.15, -0.1) is 11.3 Å². The highest BCUT2D eigenvalue weighted by Gasteiger charge is 2.29. The van der Waals surface area contributed by atoms with E-state index in [9.17, 15) is 19.2 Å². The van der Waals surface area contributed by atoms with Gasteiger partial charge in [-0.05, 0) is 24.3 Å². The molecule has 0 fully saturated rings. The Kier molecular flexibility index (Phi) is 7.61. The lowest BCUT2D eigenvalue weighted by atomic mass is 9.96. The van der Waals surface area contributed by atoms with Crippen molar-refractivity contribution < 1.29 is 18.9 Å². The van der Waals surface area contributed by atoms with E-state index in [0.29, 0.717) is 16.7 Å². The van der Waals surface area contributed by atoms with Gasteiger partial charge in [0.2, 0.25) is 11.5 Å². The molecule has 4 heterocycles. The number of allylic oxidation sites excluding steroid dienone is 1. The summed E-state index contributed by atoms with van der Waals surface area (Å²) in [4.78, 5) is 53.0. The van der Waals surface area contributed by atoms with Crippen molar-refractivity contribution in [2.45, 2.75) is 33.9 Å². The first-order valence-electron chi connectivity index (χ1n) is 11.5. The number of pyridine rings is 1. The second kappa shape index (κ2) is 10.7. The molecule has 4 aromatic rings. The zero-order chi connectivity index (χ0) is 27.6. The third kappa shape index (κ3) is 5.58. The van der Waals surface area contributed by atoms with Gasteiger partial charge in [-0.3, -0.25) is 19.2 Å². The molecule has 10 nitrogen and oxygen atoms in total. The van der Waals surface area contributed by atoms with E-state index in [4.69, 9.17) is 16.1 Å². The molecule has 0 atom stereocenters. The van der Waals surface area contributed by atoms with Crippen molar-refractivity contribution in [3.8, 4) is 11.3 Å². The number of thiophene rings is 1. The first-order valence-corrected chi connectivity index (χ1v) is 12.7. The van der Waals surface area contributed by atoms with Gasteiger partial charge in [-0.1, -0.05) is 44.1 Å². The van der Waals surface area contributed by atoms with Gasteiger partial charge in [0.1, 0.15) is 11.5 Å². The Bertz CT molecular complexity index is 1590. The topological polar surface area (TPSA) is 129 Å². The number of ketones is 2. The number of anilines is 1. The van der Waals surface area contributed by atoms with Crippen molar-refractivity contribution in [2.24, 2.45) is 5.41 Å². The monoisotopic (exact) mass is 553 g/mol. The van der Waals surface area contributed by atoms with Crippen molar-refractivity contribution in [1.82, 2.24) is 19.5 Å². The van der Waals surface area contributed by atoms with Crippen molar-refractivity contribution in [2.75, 3.05) is 5.32 Å². The van der Waals surface area contributed by atoms with Gasteiger partial charge in [-0.2, -0.15) is 9.78 Å². The van der Waals surface area contributed by atoms with E-state index in [2.05, 4.69) is 22.2 Å². The van der Waals surface area contributed by atoms with Crippen molar-refractivity contribution in [3.63, 3.8) is 0 Å². The Morgan fingerprint density at radius 1 is 1.21 bits per heavy atom. The smallest absolute Gasteiger partial charge is 0.261 e. The molecule has 4 rings (SSSR count). The first kappa shape index (κ1) is 27.0. The third-order valence-corrected chi connectivity index (χ3v) is 6.75. The number of hydrogen-bond donors (Lipinski definition) is 1. The van der Waals surface area contributed by atoms with Crippen LogP contribution < -0.4 is 10.9 Å². The fraction of sp³-hybridized carbons (Fsp3) is 0.231. The maximum atomic E-state index is 13.6. The molecular weight excluding hydrogens is 530 g/mol. The molecule has 0 unspecified atom stereocenters. The van der Waals surface area contributed by atoms with Crippen LogP contribution in [0.1, 0.15) is 51.4 Å². The minimum Gasteiger partial charge on any atom is -0.365 e. The highest BCUT2D eigenvalue weighted by atomic mass is 35.5. The summed E-state index contributed by atoms with van der Waals surface area (Å²) >= 11 is 7.42. The maximum Gasteiger partial charge on any atom is 0.261 e. The largest absolute Gasteiger partial charge is 0.365 e. The lowest BCUT2D eigenvalue weighted by Crippen LogP contribution is -2.29. The Morgan fingerprint density at radius 2 is 1.97 bits per heavy atom. The predicted octanol–water partition coefficient (Wildman–Crippen LogP) is 4.96. The number of nitrogens with zero attached hydrogens (tertiary/aromatic N) is 4. The van der Waals surface area contributed by atoms with E-state index in [1.165, 1.54) is 46.6 Å². The van der Waals surface area contributed by atoms with E-state index in [1.54, 1.807) is 26.8 Å². The molecular formula is C26H24ClN5O5S. The van der Waals surface area contributed by atoms with Crippen LogP contribution in [0.2, 0.25) is 4.34 Å². The van der Waals surface area contributed by atoms with Crippen LogP contribution in [0.5, 0.6) is 0 Å². The molecule has 0 radical (unpaired) electrons. The van der Waals surface area contributed by atoms with Crippen LogP contribution in [0.3, 0.4) is 0 Å². The zero-order valence-electron chi connectivity index (χ0n) is 20.9. The number of halogens is 1. The Hall–Kier alpha value is -4.09. The van der Waals surface area contributed by atoms with Crippen LogP contribution in [-0.2, 0) is 13.1 Å². The quantitative estimate of drug-likeness (QED) is 0.227. The summed E-state index contributed by atoms with van der Waals surface area (Å²) in [6.07, 6.45) is 3.75. The first-order chi connectivity index (χ1) is 18.0. The van der Waals surface area contributed by atoms with Gasteiger partial charge in [0, 0.05) is 34.2 Å². The van der Waals surface area contributed by atoms with Gasteiger partial charge >= 0.3 is 0 Å². The number of carbonyl (C=O) groups excluding carboxylic acids is 3. The minimum atomic E-state index is -0.799. The Labute approximate surface area is 226 Å². The minimum absolute atomic E-state index is 0.00934. The van der Waals surface area contributed by atoms with E-state index in [-0.39, 0.29) is 35.0 Å². The number of nitrogens with one attached hydrogen (secondary N) is 1. The molecule has 196 valence electrons. The van der Waals surface area contributed by atoms with Gasteiger partial charge in [-0.25, -0.2) is 0 Å². The SMILES string of the molecule is C=CC(=O)c1ccn(CC(=O)c2ccno2)c(=O)c1-c1cc(NCc2ccc(Cl)s2)n(C(=O)C(C)(C)C)n1. The second-order valence-electron chi connectivity index (χ2n) is 9.35. The fourth-order valence-corrected chi connectivity index (χ4v) is 4.61. The summed E-state index contributed by atoms with van der Waals surface area (Å²) in [7, 11) is 0. The van der Waals surface area contributed by atoms with Crippen LogP contribution in [0.25, 0.3) is 11.3 Å². The summed E-state index contributed by atoms with van der Waals surface area (Å²) in [5.41, 5.74) is -1.38. The Morgan fingerprint density at radius 3 is 2.58 bits per heavy atom. The van der Waals surface area contributed by atoms with Gasteiger partial charge in [0.05, 0.1) is 29.2 Å². The lowest BCUT2D eigenvalue weighted by molar-refractivity contribution is 0.0752. The highest BCUT2D eigenvalue weighted by Crippen LogP contribution is 2.28. The van der Waals surface area contributed by atoms with Crippen LogP contribution >= 0.6 is 22.9 Å². The average Bonchev–Trinajstić information content (AvgIpc) is 3.63. The molecule has 0 aliphatic heterocycles. The van der Waals surface area contributed by atoms with Gasteiger partial charge in [0.25, 0.3) is 11.5 Å². The molecule has 0 aliphatic carbocycles. The molecule has 0 aliphatic rings.